The lowest BCUT2D eigenvalue weighted by molar-refractivity contribution is 0.0988. The van der Waals surface area contributed by atoms with Crippen LogP contribution in [0.4, 0.5) is 0 Å². The topological polar surface area (TPSA) is 37.4 Å². The molecule has 3 nitrogen and oxygen atoms in total. The summed E-state index contributed by atoms with van der Waals surface area (Å²) in [7, 11) is 0. The molecule has 0 fully saturated rings. The van der Waals surface area contributed by atoms with Crippen molar-refractivity contribution in [3.63, 3.8) is 0 Å². The van der Waals surface area contributed by atoms with Gasteiger partial charge in [0.05, 0.1) is 5.57 Å². The predicted molar refractivity (Wildman–Crippen MR) is 105 cm³/mol. The Labute approximate surface area is 160 Å². The molecule has 0 unspecified atom stereocenters. The standard InChI is InChI=1S/C22H16BrNO2/c1-14-12-16(10-11-24(14)13-15-6-8-17(23)9-7-15)20-21(25)18-4-2-3-5-19(18)22(20)26/h2-12H,13H2,1H3. The Morgan fingerprint density at radius 3 is 2.12 bits per heavy atom. The lowest BCUT2D eigenvalue weighted by Crippen LogP contribution is -2.18. The van der Waals surface area contributed by atoms with Crippen LogP contribution in [0.5, 0.6) is 0 Å². The number of allylic oxidation sites excluding steroid dienone is 5. The first kappa shape index (κ1) is 16.7. The summed E-state index contributed by atoms with van der Waals surface area (Å²) >= 11 is 3.44. The molecule has 0 radical (unpaired) electrons. The second-order valence-corrected chi connectivity index (χ2v) is 7.31. The molecule has 1 heterocycles. The molecule has 1 aliphatic carbocycles. The fourth-order valence-corrected chi connectivity index (χ4v) is 3.54. The van der Waals surface area contributed by atoms with Gasteiger partial charge in [0.2, 0.25) is 0 Å². The number of halogens is 1. The minimum Gasteiger partial charge on any atom is -0.347 e. The molecule has 0 aromatic heterocycles. The van der Waals surface area contributed by atoms with Crippen molar-refractivity contribution in [2.24, 2.45) is 0 Å². The number of carbonyl (C=O) groups is 2. The summed E-state index contributed by atoms with van der Waals surface area (Å²) in [5.74, 6) is -0.369. The summed E-state index contributed by atoms with van der Waals surface area (Å²) in [6.07, 6.45) is 5.70. The van der Waals surface area contributed by atoms with Crippen molar-refractivity contribution < 1.29 is 9.59 Å². The van der Waals surface area contributed by atoms with Crippen LogP contribution in [0.1, 0.15) is 33.2 Å². The van der Waals surface area contributed by atoms with E-state index in [1.54, 1.807) is 24.3 Å². The van der Waals surface area contributed by atoms with Crippen molar-refractivity contribution in [2.75, 3.05) is 0 Å². The molecular weight excluding hydrogens is 390 g/mol. The van der Waals surface area contributed by atoms with E-state index in [-0.39, 0.29) is 17.1 Å². The van der Waals surface area contributed by atoms with E-state index in [0.717, 1.165) is 16.7 Å². The summed E-state index contributed by atoms with van der Waals surface area (Å²) in [5, 5.41) is 0. The van der Waals surface area contributed by atoms with Gasteiger partial charge in [-0.05, 0) is 42.3 Å². The third-order valence-electron chi connectivity index (χ3n) is 4.68. The first-order chi connectivity index (χ1) is 12.5. The first-order valence-electron chi connectivity index (χ1n) is 8.35. The Morgan fingerprint density at radius 1 is 0.923 bits per heavy atom. The number of hydrogen-bond donors (Lipinski definition) is 0. The molecule has 26 heavy (non-hydrogen) atoms. The Balaban J connectivity index is 1.63. The van der Waals surface area contributed by atoms with E-state index in [1.165, 1.54) is 5.56 Å². The Bertz CT molecular complexity index is 976. The van der Waals surface area contributed by atoms with Gasteiger partial charge in [-0.2, -0.15) is 0 Å². The zero-order valence-corrected chi connectivity index (χ0v) is 15.8. The maximum Gasteiger partial charge on any atom is 0.198 e. The molecule has 0 N–H and O–H groups in total. The maximum absolute atomic E-state index is 12.7. The van der Waals surface area contributed by atoms with Crippen molar-refractivity contribution in [3.8, 4) is 0 Å². The fourth-order valence-electron chi connectivity index (χ4n) is 3.28. The first-order valence-corrected chi connectivity index (χ1v) is 9.14. The van der Waals surface area contributed by atoms with Gasteiger partial charge in [0.15, 0.2) is 11.6 Å². The van der Waals surface area contributed by atoms with Crippen LogP contribution in [0.2, 0.25) is 0 Å². The van der Waals surface area contributed by atoms with E-state index in [4.69, 9.17) is 0 Å². The number of nitrogens with zero attached hydrogens (tertiary/aromatic N) is 1. The van der Waals surface area contributed by atoms with Crippen LogP contribution in [0.15, 0.2) is 88.2 Å². The molecule has 0 atom stereocenters. The van der Waals surface area contributed by atoms with Crippen LogP contribution in [-0.2, 0) is 6.54 Å². The third kappa shape index (κ3) is 2.86. The Morgan fingerprint density at radius 2 is 1.54 bits per heavy atom. The number of rotatable bonds is 2. The Kier molecular flexibility index (Phi) is 4.21. The van der Waals surface area contributed by atoms with E-state index in [0.29, 0.717) is 16.7 Å². The SMILES string of the molecule is CC1=CC(=C2C(=O)c3ccccc3C2=O)C=CN1Cc1ccc(Br)cc1. The average molecular weight is 406 g/mol. The van der Waals surface area contributed by atoms with Gasteiger partial charge >= 0.3 is 0 Å². The van der Waals surface area contributed by atoms with Gasteiger partial charge < -0.3 is 4.90 Å². The van der Waals surface area contributed by atoms with Crippen LogP contribution in [0.3, 0.4) is 0 Å². The molecule has 0 amide bonds. The molecule has 0 spiro atoms. The summed E-state index contributed by atoms with van der Waals surface area (Å²) < 4.78 is 1.05. The quantitative estimate of drug-likeness (QED) is 0.517. The van der Waals surface area contributed by atoms with Crippen molar-refractivity contribution >= 4 is 27.5 Å². The van der Waals surface area contributed by atoms with E-state index in [9.17, 15) is 9.59 Å². The number of hydrogen-bond acceptors (Lipinski definition) is 3. The molecule has 2 aromatic rings. The highest BCUT2D eigenvalue weighted by molar-refractivity contribution is 9.10. The molecule has 0 saturated heterocycles. The zero-order valence-electron chi connectivity index (χ0n) is 14.2. The van der Waals surface area contributed by atoms with E-state index in [2.05, 4.69) is 33.0 Å². The summed E-state index contributed by atoms with van der Waals surface area (Å²) in [4.78, 5) is 27.4. The smallest absolute Gasteiger partial charge is 0.198 e. The second-order valence-electron chi connectivity index (χ2n) is 6.39. The zero-order chi connectivity index (χ0) is 18.3. The third-order valence-corrected chi connectivity index (χ3v) is 5.21. The predicted octanol–water partition coefficient (Wildman–Crippen LogP) is 5.06. The number of benzene rings is 2. The monoisotopic (exact) mass is 405 g/mol. The molecule has 4 rings (SSSR count). The molecule has 0 bridgehead atoms. The molecule has 2 aromatic carbocycles. The number of Topliss-reactive ketones (excluding diaryl/α,β-unsaturated/α-hetero) is 2. The number of ketones is 2. The molecule has 128 valence electrons. The van der Waals surface area contributed by atoms with Gasteiger partial charge in [-0.3, -0.25) is 9.59 Å². The second kappa shape index (κ2) is 6.54. The van der Waals surface area contributed by atoms with Crippen LogP contribution >= 0.6 is 15.9 Å². The van der Waals surface area contributed by atoms with Crippen LogP contribution in [-0.4, -0.2) is 16.5 Å². The molecule has 1 aliphatic heterocycles. The average Bonchev–Trinajstić information content (AvgIpc) is 2.90. The van der Waals surface area contributed by atoms with Crippen molar-refractivity contribution in [1.82, 2.24) is 4.90 Å². The van der Waals surface area contributed by atoms with E-state index >= 15 is 0 Å². The summed E-state index contributed by atoms with van der Waals surface area (Å²) in [6, 6.07) is 15.2. The highest BCUT2D eigenvalue weighted by Gasteiger charge is 2.34. The van der Waals surface area contributed by atoms with Crippen LogP contribution in [0.25, 0.3) is 0 Å². The Hall–Kier alpha value is -2.72. The number of fused-ring (bicyclic) bond motifs is 1. The fraction of sp³-hybridized carbons (Fsp3) is 0.0909. The van der Waals surface area contributed by atoms with Gasteiger partial charge in [0, 0.05) is 34.0 Å². The van der Waals surface area contributed by atoms with Crippen molar-refractivity contribution in [1.29, 1.82) is 0 Å². The van der Waals surface area contributed by atoms with E-state index < -0.39 is 0 Å². The molecule has 2 aliphatic rings. The minimum absolute atomic E-state index is 0.185. The van der Waals surface area contributed by atoms with E-state index in [1.807, 2.05) is 37.4 Å². The van der Waals surface area contributed by atoms with Gasteiger partial charge in [-0.1, -0.05) is 52.3 Å². The van der Waals surface area contributed by atoms with Gasteiger partial charge in [-0.25, -0.2) is 0 Å². The van der Waals surface area contributed by atoms with Gasteiger partial charge in [0.25, 0.3) is 0 Å². The molecule has 4 heteroatoms. The minimum atomic E-state index is -0.185. The van der Waals surface area contributed by atoms with Crippen molar-refractivity contribution in [3.05, 3.63) is 105 Å². The van der Waals surface area contributed by atoms with Crippen LogP contribution < -0.4 is 0 Å². The van der Waals surface area contributed by atoms with Crippen molar-refractivity contribution in [2.45, 2.75) is 13.5 Å². The largest absolute Gasteiger partial charge is 0.347 e. The highest BCUT2D eigenvalue weighted by atomic mass is 79.9. The maximum atomic E-state index is 12.7. The summed E-state index contributed by atoms with van der Waals surface area (Å²) in [5.41, 5.74) is 4.12. The van der Waals surface area contributed by atoms with Gasteiger partial charge in [0.1, 0.15) is 0 Å². The van der Waals surface area contributed by atoms with Crippen LogP contribution in [0, 0.1) is 0 Å². The highest BCUT2D eigenvalue weighted by Crippen LogP contribution is 2.31. The van der Waals surface area contributed by atoms with Gasteiger partial charge in [-0.15, -0.1) is 0 Å². The molecule has 0 saturated carbocycles. The number of carbonyl (C=O) groups excluding carboxylic acids is 2. The lowest BCUT2D eigenvalue weighted by Gasteiger charge is -2.25. The normalized spacial score (nSPS) is 16.2. The molecular formula is C22H16BrNO2. The lowest BCUT2D eigenvalue weighted by atomic mass is 10.0. The summed E-state index contributed by atoms with van der Waals surface area (Å²) in [6.45, 7) is 2.72.